The Balaban J connectivity index is 1.75. The third-order valence-corrected chi connectivity index (χ3v) is 8.60. The van der Waals surface area contributed by atoms with Crippen molar-refractivity contribution < 1.29 is 19.2 Å². The molecule has 0 spiro atoms. The second-order valence-electron chi connectivity index (χ2n) is 9.40. The van der Waals surface area contributed by atoms with Gasteiger partial charge in [-0.15, -0.1) is 0 Å². The Labute approximate surface area is 160 Å². The van der Waals surface area contributed by atoms with E-state index in [1.165, 1.54) is 5.57 Å². The van der Waals surface area contributed by atoms with E-state index in [-0.39, 0.29) is 34.6 Å². The lowest BCUT2D eigenvalue weighted by Gasteiger charge is -2.57. The van der Waals surface area contributed by atoms with Crippen molar-refractivity contribution in [2.45, 2.75) is 65.2 Å². The molecule has 0 aromatic carbocycles. The molecule has 5 heteroatoms. The highest BCUT2D eigenvalue weighted by atomic mass is 16.1. The van der Waals surface area contributed by atoms with Crippen LogP contribution >= 0.6 is 0 Å². The van der Waals surface area contributed by atoms with E-state index in [4.69, 9.17) is 5.53 Å². The van der Waals surface area contributed by atoms with E-state index in [9.17, 15) is 14.4 Å². The molecule has 5 nitrogen and oxygen atoms in total. The number of hydrogen-bond acceptors (Lipinski definition) is 3. The summed E-state index contributed by atoms with van der Waals surface area (Å²) in [4.78, 5) is 40.4. The smallest absolute Gasteiger partial charge is 0.323 e. The quantitative estimate of drug-likeness (QED) is 0.433. The minimum atomic E-state index is -0.693. The van der Waals surface area contributed by atoms with E-state index in [1.54, 1.807) is 6.92 Å². The predicted molar refractivity (Wildman–Crippen MR) is 99.9 cm³/mol. The largest absolute Gasteiger partial charge is 0.361 e. The first-order valence-electron chi connectivity index (χ1n) is 10.3. The van der Waals surface area contributed by atoms with E-state index < -0.39 is 5.41 Å². The standard InChI is InChI=1S/C22H28N2O3/c1-13(25)17-5-6-19-16-4-3-14-11-15(26)7-9-21(14,2)18(16)8-10-22(17,19)20(27)12-24-23/h11-12,16-19H,3-10H2,1-2H3/t16-,17-,18+,19+,21+,22+/m1/s1. The van der Waals surface area contributed by atoms with Crippen molar-refractivity contribution >= 4 is 23.6 Å². The van der Waals surface area contributed by atoms with Gasteiger partial charge in [-0.05, 0) is 81.1 Å². The number of nitrogens with zero attached hydrogens (tertiary/aromatic N) is 2. The van der Waals surface area contributed by atoms with E-state index in [1.807, 2.05) is 6.08 Å². The van der Waals surface area contributed by atoms with E-state index in [0.29, 0.717) is 24.7 Å². The number of Topliss-reactive ketones (excluding diaryl/α,β-unsaturated/α-hetero) is 2. The molecule has 3 fully saturated rings. The summed E-state index contributed by atoms with van der Waals surface area (Å²) < 4.78 is 0. The Morgan fingerprint density at radius 3 is 2.63 bits per heavy atom. The second kappa shape index (κ2) is 6.34. The topological polar surface area (TPSA) is 87.6 Å². The fourth-order valence-electron chi connectivity index (χ4n) is 7.45. The molecule has 144 valence electrons. The molecule has 0 amide bonds. The Hall–Kier alpha value is -1.87. The zero-order valence-corrected chi connectivity index (χ0v) is 16.2. The summed E-state index contributed by atoms with van der Waals surface area (Å²) in [7, 11) is 0. The number of carbonyl (C=O) groups is 3. The Kier molecular flexibility index (Phi) is 4.34. The van der Waals surface area contributed by atoms with Crippen molar-refractivity contribution in [1.29, 1.82) is 0 Å². The maximum Gasteiger partial charge on any atom is 0.323 e. The maximum atomic E-state index is 13.1. The van der Waals surface area contributed by atoms with Gasteiger partial charge in [0.1, 0.15) is 5.78 Å². The Morgan fingerprint density at radius 1 is 1.15 bits per heavy atom. The molecule has 0 heterocycles. The van der Waals surface area contributed by atoms with Crippen LogP contribution in [0.3, 0.4) is 0 Å². The molecule has 3 saturated carbocycles. The number of hydrogen-bond donors (Lipinski definition) is 0. The Bertz CT molecular complexity index is 793. The zero-order chi connectivity index (χ0) is 19.4. The van der Waals surface area contributed by atoms with Crippen LogP contribution < -0.4 is 0 Å². The molecule has 0 aliphatic heterocycles. The molecule has 0 radical (unpaired) electrons. The first-order chi connectivity index (χ1) is 12.8. The summed E-state index contributed by atoms with van der Waals surface area (Å²) >= 11 is 0. The lowest BCUT2D eigenvalue weighted by Crippen LogP contribution is -2.55. The minimum Gasteiger partial charge on any atom is -0.361 e. The summed E-state index contributed by atoms with van der Waals surface area (Å²) in [5.41, 5.74) is 9.64. The molecule has 4 rings (SSSR count). The van der Waals surface area contributed by atoms with E-state index >= 15 is 0 Å². The lowest BCUT2D eigenvalue weighted by molar-refractivity contribution is -0.146. The van der Waals surface area contributed by atoms with Crippen LogP contribution in [0.1, 0.15) is 65.2 Å². The van der Waals surface area contributed by atoms with Gasteiger partial charge in [0.05, 0.1) is 5.41 Å². The molecule has 6 atom stereocenters. The number of fused-ring (bicyclic) bond motifs is 5. The summed E-state index contributed by atoms with van der Waals surface area (Å²) in [6.07, 6.45) is 9.58. The zero-order valence-electron chi connectivity index (χ0n) is 16.2. The SMILES string of the molecule is CC(=O)[C@H]1CC[C@H]2[C@@H]3CCC4=CC(=O)CC[C@]4(C)[C@H]3CC[C@]12C(=O)C=[N+]=[N-]. The molecule has 27 heavy (non-hydrogen) atoms. The first-order valence-corrected chi connectivity index (χ1v) is 10.3. The van der Waals surface area contributed by atoms with Gasteiger partial charge in [-0.3, -0.25) is 14.4 Å². The van der Waals surface area contributed by atoms with Crippen LogP contribution in [0.25, 0.3) is 5.53 Å². The van der Waals surface area contributed by atoms with Crippen LogP contribution in [-0.4, -0.2) is 28.4 Å². The molecule has 4 aliphatic rings. The van der Waals surface area contributed by atoms with Crippen LogP contribution in [0.15, 0.2) is 11.6 Å². The number of carbonyl (C=O) groups excluding carboxylic acids is 3. The van der Waals surface area contributed by atoms with Crippen molar-refractivity contribution in [3.63, 3.8) is 0 Å². The molecule has 0 aromatic heterocycles. The lowest BCUT2D eigenvalue weighted by atomic mass is 9.45. The highest BCUT2D eigenvalue weighted by Gasteiger charge is 2.64. The van der Waals surface area contributed by atoms with E-state index in [0.717, 1.165) is 44.7 Å². The molecular weight excluding hydrogens is 340 g/mol. The fourth-order valence-corrected chi connectivity index (χ4v) is 7.45. The number of ketones is 3. The van der Waals surface area contributed by atoms with Gasteiger partial charge < -0.3 is 5.53 Å². The van der Waals surface area contributed by atoms with Crippen molar-refractivity contribution in [2.75, 3.05) is 0 Å². The van der Waals surface area contributed by atoms with Gasteiger partial charge in [-0.2, -0.15) is 4.79 Å². The van der Waals surface area contributed by atoms with Gasteiger partial charge in [0.25, 0.3) is 0 Å². The van der Waals surface area contributed by atoms with Crippen molar-refractivity contribution in [1.82, 2.24) is 0 Å². The molecule has 4 aliphatic carbocycles. The minimum absolute atomic E-state index is 0.0470. The molecule has 0 unspecified atom stereocenters. The maximum absolute atomic E-state index is 13.1. The first kappa shape index (κ1) is 18.5. The fraction of sp³-hybridized carbons (Fsp3) is 0.727. The van der Waals surface area contributed by atoms with Crippen molar-refractivity contribution in [2.24, 2.45) is 34.5 Å². The number of rotatable bonds is 3. The highest BCUT2D eigenvalue weighted by Crippen LogP contribution is 2.66. The van der Waals surface area contributed by atoms with Crippen LogP contribution in [-0.2, 0) is 14.4 Å². The molecular formula is C22H28N2O3. The molecule has 0 saturated heterocycles. The van der Waals surface area contributed by atoms with Crippen LogP contribution in [0, 0.1) is 34.5 Å². The van der Waals surface area contributed by atoms with Gasteiger partial charge in [0.2, 0.25) is 5.78 Å². The summed E-state index contributed by atoms with van der Waals surface area (Å²) in [5, 5.41) is 0. The van der Waals surface area contributed by atoms with Gasteiger partial charge >= 0.3 is 6.21 Å². The average Bonchev–Trinajstić information content (AvgIpc) is 3.03. The highest BCUT2D eigenvalue weighted by molar-refractivity contribution is 6.28. The van der Waals surface area contributed by atoms with Gasteiger partial charge in [-0.1, -0.05) is 12.5 Å². The van der Waals surface area contributed by atoms with Crippen molar-refractivity contribution in [3.05, 3.63) is 17.2 Å². The molecule has 0 aromatic rings. The summed E-state index contributed by atoms with van der Waals surface area (Å²) in [6, 6.07) is 0. The van der Waals surface area contributed by atoms with Crippen LogP contribution in [0.2, 0.25) is 0 Å². The third kappa shape index (κ3) is 2.47. The van der Waals surface area contributed by atoms with Gasteiger partial charge in [0.15, 0.2) is 5.78 Å². The molecule has 0 N–H and O–H groups in total. The van der Waals surface area contributed by atoms with Crippen LogP contribution in [0.5, 0.6) is 0 Å². The predicted octanol–water partition coefficient (Wildman–Crippen LogP) is 3.57. The number of allylic oxidation sites excluding steroid dienone is 1. The monoisotopic (exact) mass is 368 g/mol. The van der Waals surface area contributed by atoms with Gasteiger partial charge in [-0.25, -0.2) is 0 Å². The summed E-state index contributed by atoms with van der Waals surface area (Å²) in [6.45, 7) is 3.91. The van der Waals surface area contributed by atoms with Gasteiger partial charge in [0, 0.05) is 12.3 Å². The summed E-state index contributed by atoms with van der Waals surface area (Å²) in [5.74, 6) is 0.942. The Morgan fingerprint density at radius 2 is 1.93 bits per heavy atom. The van der Waals surface area contributed by atoms with Crippen LogP contribution in [0.4, 0.5) is 0 Å². The van der Waals surface area contributed by atoms with Crippen molar-refractivity contribution in [3.8, 4) is 0 Å². The normalized spacial score (nSPS) is 42.9. The third-order valence-electron chi connectivity index (χ3n) is 8.60. The second-order valence-corrected chi connectivity index (χ2v) is 9.40. The average molecular weight is 368 g/mol. The van der Waals surface area contributed by atoms with E-state index in [2.05, 4.69) is 11.7 Å². The molecule has 0 bridgehead atoms.